The van der Waals surface area contributed by atoms with E-state index in [1.165, 1.54) is 0 Å². The number of amides is 1. The fourth-order valence-corrected chi connectivity index (χ4v) is 5.86. The van der Waals surface area contributed by atoms with Gasteiger partial charge in [-0.25, -0.2) is 8.42 Å². The Labute approximate surface area is 144 Å². The summed E-state index contributed by atoms with van der Waals surface area (Å²) in [6, 6.07) is 7.88. The van der Waals surface area contributed by atoms with E-state index in [1.807, 2.05) is 35.8 Å². The van der Waals surface area contributed by atoms with Crippen LogP contribution in [-0.4, -0.2) is 35.9 Å². The zero-order valence-electron chi connectivity index (χ0n) is 13.1. The molecular formula is C16H19BrN2O3S. The third-order valence-electron chi connectivity index (χ3n) is 4.40. The Hall–Kier alpha value is -1.34. The first-order valence-corrected chi connectivity index (χ1v) is 10.1. The first-order chi connectivity index (χ1) is 10.7. The minimum absolute atomic E-state index is 0.0147. The normalized spacial score (nSPS) is 23.3. The average Bonchev–Trinajstić information content (AvgIpc) is 2.88. The molecule has 0 spiro atoms. The number of halogens is 1. The van der Waals surface area contributed by atoms with Crippen LogP contribution in [0.15, 0.2) is 28.7 Å². The molecule has 7 heteroatoms. The lowest BCUT2D eigenvalue weighted by atomic mass is 10.0. The molecule has 1 aliphatic heterocycles. The van der Waals surface area contributed by atoms with E-state index in [-0.39, 0.29) is 24.0 Å². The molecule has 2 heterocycles. The number of hydrogen-bond donors (Lipinski definition) is 1. The molecule has 124 valence electrons. The van der Waals surface area contributed by atoms with Gasteiger partial charge in [0.1, 0.15) is 6.54 Å². The van der Waals surface area contributed by atoms with E-state index in [4.69, 9.17) is 0 Å². The molecule has 1 N–H and O–H groups in total. The van der Waals surface area contributed by atoms with Gasteiger partial charge in [0, 0.05) is 21.1 Å². The summed E-state index contributed by atoms with van der Waals surface area (Å²) in [7, 11) is -3.04. The van der Waals surface area contributed by atoms with Gasteiger partial charge in [0.15, 0.2) is 9.84 Å². The summed E-state index contributed by atoms with van der Waals surface area (Å²) < 4.78 is 26.2. The van der Waals surface area contributed by atoms with E-state index in [0.29, 0.717) is 6.42 Å². The SMILES string of the molecule is Cc1c(Br)c2ccccc2n1CC(=O)NC1(C)CCS(=O)(=O)C1. The third-order valence-corrected chi connectivity index (χ3v) is 7.30. The molecular weight excluding hydrogens is 380 g/mol. The minimum atomic E-state index is -3.04. The Bertz CT molecular complexity index is 888. The van der Waals surface area contributed by atoms with Gasteiger partial charge in [0.05, 0.1) is 17.0 Å². The van der Waals surface area contributed by atoms with Crippen molar-refractivity contribution in [2.24, 2.45) is 0 Å². The number of para-hydroxylation sites is 1. The average molecular weight is 399 g/mol. The quantitative estimate of drug-likeness (QED) is 0.862. The zero-order chi connectivity index (χ0) is 16.8. The van der Waals surface area contributed by atoms with Crippen molar-refractivity contribution in [3.8, 4) is 0 Å². The zero-order valence-corrected chi connectivity index (χ0v) is 15.5. The molecule has 1 fully saturated rings. The monoisotopic (exact) mass is 398 g/mol. The predicted molar refractivity (Wildman–Crippen MR) is 94.2 cm³/mol. The van der Waals surface area contributed by atoms with Crippen LogP contribution >= 0.6 is 15.9 Å². The van der Waals surface area contributed by atoms with E-state index in [9.17, 15) is 13.2 Å². The van der Waals surface area contributed by atoms with Crippen molar-refractivity contribution in [2.45, 2.75) is 32.4 Å². The summed E-state index contributed by atoms with van der Waals surface area (Å²) in [5.74, 6) is -0.0114. The maximum absolute atomic E-state index is 12.4. The van der Waals surface area contributed by atoms with Crippen LogP contribution in [0, 0.1) is 6.92 Å². The summed E-state index contributed by atoms with van der Waals surface area (Å²) in [4.78, 5) is 12.4. The van der Waals surface area contributed by atoms with Gasteiger partial charge < -0.3 is 9.88 Å². The Morgan fingerprint density at radius 3 is 2.74 bits per heavy atom. The number of hydrogen-bond acceptors (Lipinski definition) is 3. The van der Waals surface area contributed by atoms with Crippen LogP contribution in [0.5, 0.6) is 0 Å². The van der Waals surface area contributed by atoms with Crippen LogP contribution in [0.3, 0.4) is 0 Å². The number of benzene rings is 1. The highest BCUT2D eigenvalue weighted by atomic mass is 79.9. The highest BCUT2D eigenvalue weighted by Gasteiger charge is 2.39. The minimum Gasteiger partial charge on any atom is -0.348 e. The van der Waals surface area contributed by atoms with Crippen molar-refractivity contribution < 1.29 is 13.2 Å². The van der Waals surface area contributed by atoms with Gasteiger partial charge >= 0.3 is 0 Å². The maximum atomic E-state index is 12.4. The van der Waals surface area contributed by atoms with E-state index in [1.54, 1.807) is 6.92 Å². The molecule has 0 bridgehead atoms. The molecule has 5 nitrogen and oxygen atoms in total. The van der Waals surface area contributed by atoms with Gasteiger partial charge in [0.25, 0.3) is 0 Å². The van der Waals surface area contributed by atoms with Gasteiger partial charge in [-0.3, -0.25) is 4.79 Å². The molecule has 0 radical (unpaired) electrons. The number of fused-ring (bicyclic) bond motifs is 1. The number of carbonyl (C=O) groups excluding carboxylic acids is 1. The van der Waals surface area contributed by atoms with Gasteiger partial charge in [-0.1, -0.05) is 18.2 Å². The highest BCUT2D eigenvalue weighted by Crippen LogP contribution is 2.30. The van der Waals surface area contributed by atoms with Crippen LogP contribution in [0.1, 0.15) is 19.0 Å². The molecule has 1 unspecified atom stereocenters. The van der Waals surface area contributed by atoms with Gasteiger partial charge in [-0.2, -0.15) is 0 Å². The van der Waals surface area contributed by atoms with Crippen molar-refractivity contribution in [3.05, 3.63) is 34.4 Å². The van der Waals surface area contributed by atoms with Crippen LogP contribution in [0.2, 0.25) is 0 Å². The molecule has 1 aromatic carbocycles. The summed E-state index contributed by atoms with van der Waals surface area (Å²) in [5.41, 5.74) is 1.30. The second-order valence-electron chi connectivity index (χ2n) is 6.45. The summed E-state index contributed by atoms with van der Waals surface area (Å²) in [6.07, 6.45) is 0.468. The second-order valence-corrected chi connectivity index (χ2v) is 9.43. The van der Waals surface area contributed by atoms with E-state index in [2.05, 4.69) is 21.2 Å². The van der Waals surface area contributed by atoms with E-state index >= 15 is 0 Å². The van der Waals surface area contributed by atoms with Crippen LogP contribution in [0.4, 0.5) is 0 Å². The van der Waals surface area contributed by atoms with Crippen molar-refractivity contribution in [2.75, 3.05) is 11.5 Å². The third kappa shape index (κ3) is 3.17. The van der Waals surface area contributed by atoms with E-state index < -0.39 is 15.4 Å². The fourth-order valence-electron chi connectivity index (χ4n) is 3.22. The number of sulfone groups is 1. The molecule has 0 saturated carbocycles. The largest absolute Gasteiger partial charge is 0.348 e. The van der Waals surface area contributed by atoms with Crippen molar-refractivity contribution in [1.29, 1.82) is 0 Å². The molecule has 23 heavy (non-hydrogen) atoms. The summed E-state index contributed by atoms with van der Waals surface area (Å²) in [5, 5.41) is 3.97. The number of nitrogens with zero attached hydrogens (tertiary/aromatic N) is 1. The molecule has 1 atom stereocenters. The first kappa shape index (κ1) is 16.5. The fraction of sp³-hybridized carbons (Fsp3) is 0.438. The second kappa shape index (κ2) is 5.63. The first-order valence-electron chi connectivity index (χ1n) is 7.46. The Balaban J connectivity index is 1.83. The number of carbonyl (C=O) groups is 1. The Morgan fingerprint density at radius 2 is 2.09 bits per heavy atom. The Kier molecular flexibility index (Phi) is 4.04. The lowest BCUT2D eigenvalue weighted by Gasteiger charge is -2.24. The molecule has 0 aliphatic carbocycles. The molecule has 1 aliphatic rings. The van der Waals surface area contributed by atoms with Crippen molar-refractivity contribution >= 4 is 42.6 Å². The molecule has 3 rings (SSSR count). The van der Waals surface area contributed by atoms with E-state index in [0.717, 1.165) is 21.1 Å². The van der Waals surface area contributed by atoms with Crippen LogP contribution in [-0.2, 0) is 21.2 Å². The van der Waals surface area contributed by atoms with Crippen LogP contribution in [0.25, 0.3) is 10.9 Å². The van der Waals surface area contributed by atoms with Gasteiger partial charge in [-0.05, 0) is 42.3 Å². The molecule has 1 amide bonds. The standard InChI is InChI=1S/C16H19BrN2O3S/c1-11-15(17)12-5-3-4-6-13(12)19(11)9-14(20)18-16(2)7-8-23(21,22)10-16/h3-6H,7-10H2,1-2H3,(H,18,20). The van der Waals surface area contributed by atoms with Crippen LogP contribution < -0.4 is 5.32 Å². The smallest absolute Gasteiger partial charge is 0.240 e. The van der Waals surface area contributed by atoms with Gasteiger partial charge in [-0.15, -0.1) is 0 Å². The lowest BCUT2D eigenvalue weighted by Crippen LogP contribution is -2.48. The molecule has 1 aromatic heterocycles. The number of nitrogens with one attached hydrogen (secondary N) is 1. The Morgan fingerprint density at radius 1 is 1.39 bits per heavy atom. The number of rotatable bonds is 3. The van der Waals surface area contributed by atoms with Crippen molar-refractivity contribution in [1.82, 2.24) is 9.88 Å². The maximum Gasteiger partial charge on any atom is 0.240 e. The summed E-state index contributed by atoms with van der Waals surface area (Å²) >= 11 is 3.57. The summed E-state index contributed by atoms with van der Waals surface area (Å²) in [6.45, 7) is 3.93. The molecule has 2 aromatic rings. The predicted octanol–water partition coefficient (Wildman–Crippen LogP) is 2.41. The molecule has 1 saturated heterocycles. The number of aromatic nitrogens is 1. The van der Waals surface area contributed by atoms with Gasteiger partial charge in [0.2, 0.25) is 5.91 Å². The van der Waals surface area contributed by atoms with Crippen molar-refractivity contribution in [3.63, 3.8) is 0 Å². The lowest BCUT2D eigenvalue weighted by molar-refractivity contribution is -0.123. The highest BCUT2D eigenvalue weighted by molar-refractivity contribution is 9.10. The topological polar surface area (TPSA) is 68.2 Å².